The molecule has 6 nitrogen and oxygen atoms in total. The number of piperidine rings is 1. The maximum Gasteiger partial charge on any atom is 0.311 e. The topological polar surface area (TPSA) is 81.6 Å². The highest BCUT2D eigenvalue weighted by molar-refractivity contribution is 5.59. The Morgan fingerprint density at radius 2 is 2.33 bits per heavy atom. The summed E-state index contributed by atoms with van der Waals surface area (Å²) in [6.45, 7) is 1.70. The smallest absolute Gasteiger partial charge is 0.311 e. The van der Waals surface area contributed by atoms with E-state index in [2.05, 4.69) is 4.90 Å². The number of anilines is 1. The van der Waals surface area contributed by atoms with Crippen LogP contribution < -0.4 is 15.4 Å². The van der Waals surface area contributed by atoms with Crippen molar-refractivity contribution in [3.63, 3.8) is 0 Å². The van der Waals surface area contributed by atoms with Gasteiger partial charge < -0.3 is 15.4 Å². The number of nitro groups is 1. The van der Waals surface area contributed by atoms with Gasteiger partial charge in [-0.1, -0.05) is 0 Å². The summed E-state index contributed by atoms with van der Waals surface area (Å²) in [5.74, 6) is 0.289. The normalized spacial score (nSPS) is 19.7. The first-order valence-electron chi connectivity index (χ1n) is 5.95. The quantitative estimate of drug-likeness (QED) is 0.650. The van der Waals surface area contributed by atoms with Crippen LogP contribution in [-0.2, 0) is 0 Å². The van der Waals surface area contributed by atoms with Gasteiger partial charge in [-0.15, -0.1) is 0 Å². The fraction of sp³-hybridized carbons (Fsp3) is 0.500. The molecule has 0 amide bonds. The lowest BCUT2D eigenvalue weighted by molar-refractivity contribution is -0.385. The molecule has 0 saturated carbocycles. The van der Waals surface area contributed by atoms with E-state index in [0.29, 0.717) is 0 Å². The Kier molecular flexibility index (Phi) is 3.66. The number of methoxy groups -OCH3 is 1. The van der Waals surface area contributed by atoms with Crippen molar-refractivity contribution >= 4 is 11.4 Å². The Bertz CT molecular complexity index is 450. The highest BCUT2D eigenvalue weighted by Gasteiger charge is 2.20. The Morgan fingerprint density at radius 1 is 1.56 bits per heavy atom. The van der Waals surface area contributed by atoms with Gasteiger partial charge in [-0.25, -0.2) is 0 Å². The second kappa shape index (κ2) is 5.22. The number of benzene rings is 1. The molecule has 18 heavy (non-hydrogen) atoms. The van der Waals surface area contributed by atoms with Gasteiger partial charge in [0, 0.05) is 37.0 Å². The third-order valence-electron chi connectivity index (χ3n) is 3.18. The molecule has 1 saturated heterocycles. The van der Waals surface area contributed by atoms with Crippen molar-refractivity contribution in [3.8, 4) is 5.75 Å². The van der Waals surface area contributed by atoms with Crippen molar-refractivity contribution < 1.29 is 9.66 Å². The summed E-state index contributed by atoms with van der Waals surface area (Å²) >= 11 is 0. The van der Waals surface area contributed by atoms with Crippen LogP contribution in [-0.4, -0.2) is 31.2 Å². The van der Waals surface area contributed by atoms with Crippen LogP contribution >= 0.6 is 0 Å². The number of hydrogen-bond acceptors (Lipinski definition) is 5. The number of nitrogens with zero attached hydrogens (tertiary/aromatic N) is 2. The third-order valence-corrected chi connectivity index (χ3v) is 3.18. The van der Waals surface area contributed by atoms with E-state index in [0.717, 1.165) is 31.6 Å². The second-order valence-corrected chi connectivity index (χ2v) is 4.46. The second-order valence-electron chi connectivity index (χ2n) is 4.46. The van der Waals surface area contributed by atoms with Crippen molar-refractivity contribution in [3.05, 3.63) is 28.3 Å². The standard InChI is InChI=1S/C12H17N3O3/c1-18-12-7-10(4-5-11(12)15(16)17)14-6-2-3-9(13)8-14/h4-5,7,9H,2-3,6,8,13H2,1H3/t9-/m1/s1. The molecule has 6 heteroatoms. The summed E-state index contributed by atoms with van der Waals surface area (Å²) in [6, 6.07) is 5.10. The van der Waals surface area contributed by atoms with Crippen molar-refractivity contribution in [1.82, 2.24) is 0 Å². The first-order chi connectivity index (χ1) is 8.61. The van der Waals surface area contributed by atoms with Gasteiger partial charge in [0.1, 0.15) is 0 Å². The SMILES string of the molecule is COc1cc(N2CCC[C@@H](N)C2)ccc1[N+](=O)[O-]. The fourth-order valence-electron chi connectivity index (χ4n) is 2.26. The molecular formula is C12H17N3O3. The van der Waals surface area contributed by atoms with Crippen LogP contribution in [0.5, 0.6) is 5.75 Å². The maximum atomic E-state index is 10.8. The number of nitro benzene ring substituents is 1. The number of rotatable bonds is 3. The third kappa shape index (κ3) is 2.53. The lowest BCUT2D eigenvalue weighted by Gasteiger charge is -2.32. The highest BCUT2D eigenvalue weighted by Crippen LogP contribution is 2.32. The Labute approximate surface area is 105 Å². The van der Waals surface area contributed by atoms with Crippen molar-refractivity contribution in [2.75, 3.05) is 25.1 Å². The fourth-order valence-corrected chi connectivity index (χ4v) is 2.26. The van der Waals surface area contributed by atoms with Crippen LogP contribution in [0.3, 0.4) is 0 Å². The van der Waals surface area contributed by atoms with E-state index in [1.165, 1.54) is 13.2 Å². The zero-order valence-corrected chi connectivity index (χ0v) is 10.3. The summed E-state index contributed by atoms with van der Waals surface area (Å²) in [6.07, 6.45) is 2.07. The van der Waals surface area contributed by atoms with Gasteiger partial charge in [0.25, 0.3) is 0 Å². The van der Waals surface area contributed by atoms with Gasteiger partial charge in [-0.2, -0.15) is 0 Å². The molecule has 2 rings (SSSR count). The lowest BCUT2D eigenvalue weighted by Crippen LogP contribution is -2.42. The van der Waals surface area contributed by atoms with Gasteiger partial charge in [0.05, 0.1) is 12.0 Å². The highest BCUT2D eigenvalue weighted by atomic mass is 16.6. The maximum absolute atomic E-state index is 10.8. The molecule has 0 aromatic heterocycles. The molecule has 0 aliphatic carbocycles. The minimum absolute atomic E-state index is 0.0115. The number of nitrogens with two attached hydrogens (primary N) is 1. The molecule has 1 atom stereocenters. The Morgan fingerprint density at radius 3 is 2.94 bits per heavy atom. The predicted octanol–water partition coefficient (Wildman–Crippen LogP) is 1.53. The largest absolute Gasteiger partial charge is 0.490 e. The van der Waals surface area contributed by atoms with E-state index >= 15 is 0 Å². The van der Waals surface area contributed by atoms with E-state index in [4.69, 9.17) is 10.5 Å². The summed E-state index contributed by atoms with van der Waals surface area (Å²) < 4.78 is 5.07. The van der Waals surface area contributed by atoms with Crippen LogP contribution in [0.25, 0.3) is 0 Å². The molecule has 0 radical (unpaired) electrons. The van der Waals surface area contributed by atoms with Crippen LogP contribution in [0.1, 0.15) is 12.8 Å². The molecule has 1 fully saturated rings. The molecular weight excluding hydrogens is 234 g/mol. The van der Waals surface area contributed by atoms with Gasteiger partial charge in [-0.3, -0.25) is 10.1 Å². The molecule has 1 aromatic rings. The van der Waals surface area contributed by atoms with E-state index in [1.54, 1.807) is 12.1 Å². The van der Waals surface area contributed by atoms with Gasteiger partial charge in [-0.05, 0) is 18.9 Å². The van der Waals surface area contributed by atoms with Crippen LogP contribution in [0.15, 0.2) is 18.2 Å². The van der Waals surface area contributed by atoms with Crippen LogP contribution in [0, 0.1) is 10.1 Å². The van der Waals surface area contributed by atoms with E-state index in [1.807, 2.05) is 0 Å². The van der Waals surface area contributed by atoms with Crippen molar-refractivity contribution in [2.45, 2.75) is 18.9 Å². The molecule has 1 aromatic carbocycles. The molecule has 1 aliphatic rings. The zero-order chi connectivity index (χ0) is 13.1. The first-order valence-corrected chi connectivity index (χ1v) is 5.95. The first kappa shape index (κ1) is 12.6. The van der Waals surface area contributed by atoms with E-state index in [-0.39, 0.29) is 17.5 Å². The average Bonchev–Trinajstić information content (AvgIpc) is 2.37. The summed E-state index contributed by atoms with van der Waals surface area (Å²) in [5, 5.41) is 10.8. The lowest BCUT2D eigenvalue weighted by atomic mass is 10.1. The molecule has 0 spiro atoms. The zero-order valence-electron chi connectivity index (χ0n) is 10.3. The number of hydrogen-bond donors (Lipinski definition) is 1. The molecule has 2 N–H and O–H groups in total. The monoisotopic (exact) mass is 251 g/mol. The molecule has 1 aliphatic heterocycles. The Hall–Kier alpha value is -1.82. The van der Waals surface area contributed by atoms with Crippen LogP contribution in [0.4, 0.5) is 11.4 Å². The summed E-state index contributed by atoms with van der Waals surface area (Å²) in [5.41, 5.74) is 6.84. The molecule has 0 unspecified atom stereocenters. The van der Waals surface area contributed by atoms with E-state index < -0.39 is 4.92 Å². The molecule has 1 heterocycles. The van der Waals surface area contributed by atoms with Crippen molar-refractivity contribution in [2.24, 2.45) is 5.73 Å². The molecule has 98 valence electrons. The summed E-state index contributed by atoms with van der Waals surface area (Å²) in [4.78, 5) is 12.5. The van der Waals surface area contributed by atoms with Gasteiger partial charge >= 0.3 is 5.69 Å². The average molecular weight is 251 g/mol. The van der Waals surface area contributed by atoms with Crippen molar-refractivity contribution in [1.29, 1.82) is 0 Å². The number of ether oxygens (including phenoxy) is 1. The Balaban J connectivity index is 2.26. The summed E-state index contributed by atoms with van der Waals surface area (Å²) in [7, 11) is 1.44. The minimum Gasteiger partial charge on any atom is -0.490 e. The van der Waals surface area contributed by atoms with Crippen LogP contribution in [0.2, 0.25) is 0 Å². The van der Waals surface area contributed by atoms with Gasteiger partial charge in [0.2, 0.25) is 0 Å². The van der Waals surface area contributed by atoms with Gasteiger partial charge in [0.15, 0.2) is 5.75 Å². The minimum atomic E-state index is -0.440. The predicted molar refractivity (Wildman–Crippen MR) is 69.1 cm³/mol. The van der Waals surface area contributed by atoms with E-state index in [9.17, 15) is 10.1 Å². The molecule has 0 bridgehead atoms.